The molecule has 1 heterocycles. The summed E-state index contributed by atoms with van der Waals surface area (Å²) in [6.07, 6.45) is 1.81. The lowest BCUT2D eigenvalue weighted by Gasteiger charge is -2.11. The van der Waals surface area contributed by atoms with E-state index in [4.69, 9.17) is 9.47 Å². The lowest BCUT2D eigenvalue weighted by molar-refractivity contribution is 0.0733. The fourth-order valence-electron chi connectivity index (χ4n) is 2.77. The van der Waals surface area contributed by atoms with Gasteiger partial charge >= 0.3 is 6.16 Å². The first-order valence-electron chi connectivity index (χ1n) is 7.73. The summed E-state index contributed by atoms with van der Waals surface area (Å²) in [5, 5.41) is 2.18. The molecule has 3 rings (SSSR count). The van der Waals surface area contributed by atoms with Crippen molar-refractivity contribution in [2.75, 3.05) is 11.5 Å². The Hall–Kier alpha value is -1.68. The zero-order valence-electron chi connectivity index (χ0n) is 13.0. The molecule has 1 saturated heterocycles. The van der Waals surface area contributed by atoms with Crippen molar-refractivity contribution < 1.29 is 14.3 Å². The van der Waals surface area contributed by atoms with E-state index in [-0.39, 0.29) is 6.10 Å². The van der Waals surface area contributed by atoms with Crippen molar-refractivity contribution in [2.24, 2.45) is 0 Å². The Morgan fingerprint density at radius 1 is 1.05 bits per heavy atom. The summed E-state index contributed by atoms with van der Waals surface area (Å²) in [5.41, 5.74) is 0. The predicted molar refractivity (Wildman–Crippen MR) is 90.8 cm³/mol. The highest BCUT2D eigenvalue weighted by Crippen LogP contribution is 2.34. The molecule has 0 unspecified atom stereocenters. The lowest BCUT2D eigenvalue weighted by atomic mass is 10.1. The molecule has 0 saturated carbocycles. The van der Waals surface area contributed by atoms with E-state index < -0.39 is 6.16 Å². The molecule has 1 aliphatic rings. The minimum Gasteiger partial charge on any atom is -0.431 e. The minimum atomic E-state index is -0.642. The number of hydrogen-bond donors (Lipinski definition) is 0. The van der Waals surface area contributed by atoms with Gasteiger partial charge in [0.15, 0.2) is 4.90 Å². The molecule has 0 aliphatic carbocycles. The molecule has 1 aliphatic heterocycles. The van der Waals surface area contributed by atoms with Crippen LogP contribution in [0.2, 0.25) is 0 Å². The molecule has 0 atom stereocenters. The minimum absolute atomic E-state index is 0.182. The molecular formula is C18H21O3S+. The van der Waals surface area contributed by atoms with Gasteiger partial charge < -0.3 is 9.47 Å². The maximum Gasteiger partial charge on any atom is 0.514 e. The van der Waals surface area contributed by atoms with Crippen molar-refractivity contribution in [2.45, 2.75) is 37.7 Å². The first-order chi connectivity index (χ1) is 10.6. The molecule has 0 aromatic heterocycles. The van der Waals surface area contributed by atoms with E-state index in [0.29, 0.717) is 16.6 Å². The van der Waals surface area contributed by atoms with Gasteiger partial charge in [-0.2, -0.15) is 0 Å². The summed E-state index contributed by atoms with van der Waals surface area (Å²) in [6, 6.07) is 12.2. The van der Waals surface area contributed by atoms with Gasteiger partial charge in [0.2, 0.25) is 0 Å². The first-order valence-corrected chi connectivity index (χ1v) is 9.29. The van der Waals surface area contributed by atoms with Crippen molar-refractivity contribution in [3.8, 4) is 5.75 Å². The van der Waals surface area contributed by atoms with Gasteiger partial charge in [-0.15, -0.1) is 0 Å². The van der Waals surface area contributed by atoms with Gasteiger partial charge in [0.05, 0.1) is 6.10 Å². The normalized spacial score (nSPS) is 15.4. The maximum atomic E-state index is 11.8. The number of carbonyl (C=O) groups excluding carboxylic acids is 1. The zero-order valence-corrected chi connectivity index (χ0v) is 13.8. The summed E-state index contributed by atoms with van der Waals surface area (Å²) in [7, 11) is 0.333. The Morgan fingerprint density at radius 2 is 1.73 bits per heavy atom. The Bertz CT molecular complexity index is 675. The number of ether oxygens (including phenoxy) is 2. The van der Waals surface area contributed by atoms with E-state index >= 15 is 0 Å². The number of carbonyl (C=O) groups is 1. The maximum absolute atomic E-state index is 11.8. The second-order valence-corrected chi connectivity index (χ2v) is 7.98. The Kier molecular flexibility index (Phi) is 4.57. The van der Waals surface area contributed by atoms with E-state index in [1.54, 1.807) is 0 Å². The van der Waals surface area contributed by atoms with Crippen LogP contribution in [-0.2, 0) is 15.6 Å². The molecule has 4 heteroatoms. The highest BCUT2D eigenvalue weighted by Gasteiger charge is 2.29. The van der Waals surface area contributed by atoms with E-state index in [2.05, 4.69) is 18.2 Å². The third-order valence-electron chi connectivity index (χ3n) is 3.71. The third kappa shape index (κ3) is 3.22. The molecular weight excluding hydrogens is 296 g/mol. The van der Waals surface area contributed by atoms with Crippen molar-refractivity contribution in [1.29, 1.82) is 0 Å². The summed E-state index contributed by atoms with van der Waals surface area (Å²) in [6.45, 7) is 3.62. The van der Waals surface area contributed by atoms with Crippen LogP contribution >= 0.6 is 0 Å². The Labute approximate surface area is 134 Å². The molecule has 0 spiro atoms. The number of rotatable bonds is 3. The van der Waals surface area contributed by atoms with Gasteiger partial charge in [0.25, 0.3) is 0 Å². The quantitative estimate of drug-likeness (QED) is 0.474. The van der Waals surface area contributed by atoms with Gasteiger partial charge in [-0.3, -0.25) is 0 Å². The van der Waals surface area contributed by atoms with Crippen molar-refractivity contribution in [3.05, 3.63) is 36.4 Å². The smallest absolute Gasteiger partial charge is 0.431 e. The van der Waals surface area contributed by atoms with Crippen LogP contribution in [0.1, 0.15) is 26.7 Å². The van der Waals surface area contributed by atoms with E-state index in [0.717, 1.165) is 5.39 Å². The van der Waals surface area contributed by atoms with Crippen LogP contribution in [0.15, 0.2) is 41.3 Å². The predicted octanol–water partition coefficient (Wildman–Crippen LogP) is 4.53. The van der Waals surface area contributed by atoms with Crippen molar-refractivity contribution in [1.82, 2.24) is 0 Å². The summed E-state index contributed by atoms with van der Waals surface area (Å²) < 4.78 is 10.5. The highest BCUT2D eigenvalue weighted by molar-refractivity contribution is 7.97. The lowest BCUT2D eigenvalue weighted by Crippen LogP contribution is -2.15. The third-order valence-corrected chi connectivity index (χ3v) is 6.25. The Morgan fingerprint density at radius 3 is 2.45 bits per heavy atom. The largest absolute Gasteiger partial charge is 0.514 e. The van der Waals surface area contributed by atoms with Crippen LogP contribution < -0.4 is 4.74 Å². The van der Waals surface area contributed by atoms with Crippen LogP contribution in [0.3, 0.4) is 0 Å². The van der Waals surface area contributed by atoms with Gasteiger partial charge in [0, 0.05) is 21.7 Å². The van der Waals surface area contributed by atoms with Crippen molar-refractivity contribution >= 4 is 27.8 Å². The van der Waals surface area contributed by atoms with Crippen LogP contribution in [0.25, 0.3) is 10.8 Å². The molecule has 116 valence electrons. The molecule has 2 aromatic rings. The van der Waals surface area contributed by atoms with Crippen LogP contribution in [0, 0.1) is 0 Å². The van der Waals surface area contributed by atoms with Crippen LogP contribution in [0.5, 0.6) is 5.75 Å². The highest BCUT2D eigenvalue weighted by atomic mass is 32.2. The molecule has 0 radical (unpaired) electrons. The average Bonchev–Trinajstić information content (AvgIpc) is 3.00. The molecule has 0 N–H and O–H groups in total. The first kappa shape index (κ1) is 15.2. The summed E-state index contributed by atoms with van der Waals surface area (Å²) >= 11 is 0. The molecule has 22 heavy (non-hydrogen) atoms. The molecule has 1 fully saturated rings. The number of benzene rings is 2. The number of hydrogen-bond acceptors (Lipinski definition) is 3. The standard InChI is InChI=1S/C18H21O3S/c1-13(2)20-18(19)21-16-9-5-8-15-14(16)7-6-10-17(15)22-11-3-4-12-22/h5-10,13H,3-4,11-12H2,1-2H3/q+1. The Balaban J connectivity index is 1.95. The van der Waals surface area contributed by atoms with E-state index in [1.807, 2.05) is 32.0 Å². The zero-order chi connectivity index (χ0) is 15.5. The van der Waals surface area contributed by atoms with Crippen molar-refractivity contribution in [3.63, 3.8) is 0 Å². The topological polar surface area (TPSA) is 35.5 Å². The monoisotopic (exact) mass is 317 g/mol. The number of fused-ring (bicyclic) bond motifs is 1. The second kappa shape index (κ2) is 6.61. The summed E-state index contributed by atoms with van der Waals surface area (Å²) in [5.74, 6) is 3.13. The van der Waals surface area contributed by atoms with E-state index in [9.17, 15) is 4.79 Å². The van der Waals surface area contributed by atoms with Gasteiger partial charge in [-0.25, -0.2) is 4.79 Å². The second-order valence-electron chi connectivity index (χ2n) is 5.73. The molecule has 0 bridgehead atoms. The average molecular weight is 317 g/mol. The summed E-state index contributed by atoms with van der Waals surface area (Å²) in [4.78, 5) is 13.2. The van der Waals surface area contributed by atoms with Gasteiger partial charge in [-0.05, 0) is 44.9 Å². The van der Waals surface area contributed by atoms with E-state index in [1.165, 1.54) is 34.6 Å². The molecule has 0 amide bonds. The van der Waals surface area contributed by atoms with Gasteiger partial charge in [0.1, 0.15) is 17.3 Å². The molecule has 2 aromatic carbocycles. The van der Waals surface area contributed by atoms with Crippen LogP contribution in [-0.4, -0.2) is 23.8 Å². The fraction of sp³-hybridized carbons (Fsp3) is 0.389. The SMILES string of the molecule is CC(C)OC(=O)Oc1cccc2c([S+]3CCCC3)cccc12. The van der Waals surface area contributed by atoms with Gasteiger partial charge in [-0.1, -0.05) is 18.2 Å². The fourth-order valence-corrected chi connectivity index (χ4v) is 5.28. The van der Waals surface area contributed by atoms with Crippen LogP contribution in [0.4, 0.5) is 4.79 Å². The molecule has 3 nitrogen and oxygen atoms in total.